The van der Waals surface area contributed by atoms with E-state index in [4.69, 9.17) is 10.00 Å². The van der Waals surface area contributed by atoms with Crippen LogP contribution in [0.1, 0.15) is 10.6 Å². The molecule has 0 aliphatic heterocycles. The average molecular weight is 234 g/mol. The second-order valence-electron chi connectivity index (χ2n) is 2.97. The Hall–Kier alpha value is -1.93. The number of nitrogens with zero attached hydrogens (tertiary/aromatic N) is 2. The van der Waals surface area contributed by atoms with E-state index in [1.165, 1.54) is 23.5 Å². The largest absolute Gasteiger partial charge is 0.483 e. The molecule has 0 aliphatic carbocycles. The van der Waals surface area contributed by atoms with Gasteiger partial charge in [0.25, 0.3) is 0 Å². The van der Waals surface area contributed by atoms with E-state index >= 15 is 0 Å². The lowest BCUT2D eigenvalue weighted by Crippen LogP contribution is -1.97. The first-order chi connectivity index (χ1) is 7.79. The monoisotopic (exact) mass is 234 g/mol. The molecule has 16 heavy (non-hydrogen) atoms. The Morgan fingerprint density at radius 2 is 2.38 bits per heavy atom. The van der Waals surface area contributed by atoms with Crippen molar-refractivity contribution in [1.29, 1.82) is 5.26 Å². The molecule has 2 aromatic rings. The minimum Gasteiger partial charge on any atom is -0.483 e. The fourth-order valence-electron chi connectivity index (χ4n) is 1.15. The van der Waals surface area contributed by atoms with Gasteiger partial charge in [-0.15, -0.1) is 11.3 Å². The van der Waals surface area contributed by atoms with Gasteiger partial charge in [0.15, 0.2) is 11.6 Å². The van der Waals surface area contributed by atoms with Crippen molar-refractivity contribution in [3.8, 4) is 11.8 Å². The third kappa shape index (κ3) is 2.35. The van der Waals surface area contributed by atoms with Gasteiger partial charge in [0, 0.05) is 11.6 Å². The second kappa shape index (κ2) is 4.73. The van der Waals surface area contributed by atoms with Crippen LogP contribution in [0.5, 0.6) is 5.75 Å². The predicted molar refractivity (Wildman–Crippen MR) is 57.6 cm³/mol. The second-order valence-corrected chi connectivity index (χ2v) is 3.95. The molecule has 5 heteroatoms. The normalized spacial score (nSPS) is 9.75. The minimum absolute atomic E-state index is 0.134. The molecule has 0 spiro atoms. The molecule has 0 saturated carbocycles. The summed E-state index contributed by atoms with van der Waals surface area (Å²) in [7, 11) is 0. The summed E-state index contributed by atoms with van der Waals surface area (Å²) in [4.78, 5) is 4.01. The van der Waals surface area contributed by atoms with Crippen LogP contribution in [-0.2, 0) is 6.61 Å². The van der Waals surface area contributed by atoms with E-state index in [0.717, 1.165) is 11.1 Å². The Morgan fingerprint density at radius 3 is 3.00 bits per heavy atom. The van der Waals surface area contributed by atoms with Crippen LogP contribution in [0, 0.1) is 17.1 Å². The molecule has 1 heterocycles. The number of nitriles is 1. The Kier molecular flexibility index (Phi) is 3.13. The van der Waals surface area contributed by atoms with E-state index in [9.17, 15) is 4.39 Å². The topological polar surface area (TPSA) is 45.9 Å². The first kappa shape index (κ1) is 10.6. The van der Waals surface area contributed by atoms with Crippen molar-refractivity contribution < 1.29 is 9.13 Å². The van der Waals surface area contributed by atoms with Gasteiger partial charge in [0.05, 0.1) is 11.6 Å². The summed E-state index contributed by atoms with van der Waals surface area (Å²) in [5, 5.41) is 11.2. The van der Waals surface area contributed by atoms with Crippen molar-refractivity contribution in [2.45, 2.75) is 6.61 Å². The molecule has 2 rings (SSSR count). The molecule has 1 aromatic carbocycles. The number of benzene rings is 1. The van der Waals surface area contributed by atoms with E-state index in [1.807, 2.05) is 11.4 Å². The SMILES string of the molecule is N#Cc1ccc(OCc2nccs2)c(F)c1. The number of rotatable bonds is 3. The van der Waals surface area contributed by atoms with Crippen LogP contribution >= 0.6 is 11.3 Å². The average Bonchev–Trinajstić information content (AvgIpc) is 2.80. The summed E-state index contributed by atoms with van der Waals surface area (Å²) < 4.78 is 18.6. The summed E-state index contributed by atoms with van der Waals surface area (Å²) in [6.07, 6.45) is 1.67. The molecule has 1 aromatic heterocycles. The van der Waals surface area contributed by atoms with Crippen molar-refractivity contribution in [2.75, 3.05) is 0 Å². The maximum atomic E-state index is 13.4. The molecule has 0 aliphatic rings. The first-order valence-electron chi connectivity index (χ1n) is 4.50. The van der Waals surface area contributed by atoms with Crippen LogP contribution < -0.4 is 4.74 Å². The van der Waals surface area contributed by atoms with E-state index in [-0.39, 0.29) is 17.9 Å². The van der Waals surface area contributed by atoms with Crippen LogP contribution in [0.15, 0.2) is 29.8 Å². The van der Waals surface area contributed by atoms with Crippen molar-refractivity contribution in [3.05, 3.63) is 46.2 Å². The zero-order chi connectivity index (χ0) is 11.4. The minimum atomic E-state index is -0.532. The molecule has 3 nitrogen and oxygen atoms in total. The fraction of sp³-hybridized carbons (Fsp3) is 0.0909. The Labute approximate surface area is 95.8 Å². The summed E-state index contributed by atoms with van der Waals surface area (Å²) in [6.45, 7) is 0.237. The maximum Gasteiger partial charge on any atom is 0.166 e. The predicted octanol–water partition coefficient (Wildman–Crippen LogP) is 2.73. The van der Waals surface area contributed by atoms with Gasteiger partial charge in [-0.05, 0) is 18.2 Å². The Balaban J connectivity index is 2.08. The molecular weight excluding hydrogens is 227 g/mol. The van der Waals surface area contributed by atoms with Crippen LogP contribution in [0.2, 0.25) is 0 Å². The molecule has 80 valence electrons. The standard InChI is InChI=1S/C11H7FN2OS/c12-9-5-8(6-13)1-2-10(9)15-7-11-14-3-4-16-11/h1-5H,7H2. The Morgan fingerprint density at radius 1 is 1.50 bits per heavy atom. The molecule has 0 amide bonds. The summed E-state index contributed by atoms with van der Waals surface area (Å²) in [5.41, 5.74) is 0.277. The maximum absolute atomic E-state index is 13.4. The highest BCUT2D eigenvalue weighted by molar-refractivity contribution is 7.09. The number of thiazole rings is 1. The van der Waals surface area contributed by atoms with Gasteiger partial charge in [-0.25, -0.2) is 9.37 Å². The van der Waals surface area contributed by atoms with Gasteiger partial charge in [-0.1, -0.05) is 0 Å². The highest BCUT2D eigenvalue weighted by atomic mass is 32.1. The van der Waals surface area contributed by atoms with E-state index < -0.39 is 5.82 Å². The smallest absolute Gasteiger partial charge is 0.166 e. The van der Waals surface area contributed by atoms with Crippen molar-refractivity contribution in [2.24, 2.45) is 0 Å². The summed E-state index contributed by atoms with van der Waals surface area (Å²) in [6, 6.07) is 5.97. The molecular formula is C11H7FN2OS. The number of halogens is 1. The molecule has 0 atom stereocenters. The van der Waals surface area contributed by atoms with E-state index in [0.29, 0.717) is 0 Å². The number of hydrogen-bond donors (Lipinski definition) is 0. The third-order valence-corrected chi connectivity index (χ3v) is 2.65. The Bertz CT molecular complexity index is 519. The quantitative estimate of drug-likeness (QED) is 0.820. The van der Waals surface area contributed by atoms with Crippen LogP contribution in [-0.4, -0.2) is 4.98 Å². The number of hydrogen-bond acceptors (Lipinski definition) is 4. The van der Waals surface area contributed by atoms with Crippen molar-refractivity contribution in [3.63, 3.8) is 0 Å². The van der Waals surface area contributed by atoms with E-state index in [1.54, 1.807) is 6.20 Å². The molecule has 0 bridgehead atoms. The molecule has 0 fully saturated rings. The van der Waals surface area contributed by atoms with Gasteiger partial charge < -0.3 is 4.74 Å². The summed E-state index contributed by atoms with van der Waals surface area (Å²) >= 11 is 1.44. The van der Waals surface area contributed by atoms with Gasteiger partial charge in [-0.3, -0.25) is 0 Å². The van der Waals surface area contributed by atoms with Gasteiger partial charge in [0.1, 0.15) is 11.6 Å². The summed E-state index contributed by atoms with van der Waals surface area (Å²) in [5.74, 6) is -0.398. The lowest BCUT2D eigenvalue weighted by molar-refractivity contribution is 0.289. The molecule has 0 N–H and O–H groups in total. The lowest BCUT2D eigenvalue weighted by atomic mass is 10.2. The van der Waals surface area contributed by atoms with Crippen LogP contribution in [0.25, 0.3) is 0 Å². The third-order valence-electron chi connectivity index (χ3n) is 1.90. The molecule has 0 unspecified atom stereocenters. The van der Waals surface area contributed by atoms with Gasteiger partial charge >= 0.3 is 0 Å². The zero-order valence-corrected chi connectivity index (χ0v) is 9.00. The number of aromatic nitrogens is 1. The van der Waals surface area contributed by atoms with Gasteiger partial charge in [0.2, 0.25) is 0 Å². The number of ether oxygens (including phenoxy) is 1. The first-order valence-corrected chi connectivity index (χ1v) is 5.38. The molecule has 0 radical (unpaired) electrons. The van der Waals surface area contributed by atoms with Gasteiger partial charge in [-0.2, -0.15) is 5.26 Å². The molecule has 0 saturated heterocycles. The lowest BCUT2D eigenvalue weighted by Gasteiger charge is -2.04. The van der Waals surface area contributed by atoms with Crippen molar-refractivity contribution in [1.82, 2.24) is 4.98 Å². The van der Waals surface area contributed by atoms with E-state index in [2.05, 4.69) is 4.98 Å². The van der Waals surface area contributed by atoms with Crippen molar-refractivity contribution >= 4 is 11.3 Å². The zero-order valence-electron chi connectivity index (χ0n) is 8.18. The fourth-order valence-corrected chi connectivity index (χ4v) is 1.68. The highest BCUT2D eigenvalue weighted by Gasteiger charge is 2.05. The van der Waals surface area contributed by atoms with Crippen LogP contribution in [0.3, 0.4) is 0 Å². The highest BCUT2D eigenvalue weighted by Crippen LogP contribution is 2.19. The van der Waals surface area contributed by atoms with Crippen LogP contribution in [0.4, 0.5) is 4.39 Å².